The van der Waals surface area contributed by atoms with Gasteiger partial charge in [-0.1, -0.05) is 13.8 Å². The van der Waals surface area contributed by atoms with E-state index in [-0.39, 0.29) is 17.9 Å². The molecular formula is C19H23N5O4. The topological polar surface area (TPSA) is 138 Å². The Morgan fingerprint density at radius 1 is 1.50 bits per heavy atom. The maximum atomic E-state index is 12.5. The summed E-state index contributed by atoms with van der Waals surface area (Å²) in [7, 11) is 0. The lowest BCUT2D eigenvalue weighted by Crippen LogP contribution is -2.57. The highest BCUT2D eigenvalue weighted by molar-refractivity contribution is 6.08. The largest absolute Gasteiger partial charge is 0.480 e. The fourth-order valence-corrected chi connectivity index (χ4v) is 3.86. The van der Waals surface area contributed by atoms with Crippen molar-refractivity contribution in [3.63, 3.8) is 0 Å². The fourth-order valence-electron chi connectivity index (χ4n) is 3.86. The third-order valence-corrected chi connectivity index (χ3v) is 5.13. The minimum Gasteiger partial charge on any atom is -0.480 e. The lowest BCUT2D eigenvalue weighted by molar-refractivity contribution is -0.154. The highest BCUT2D eigenvalue weighted by atomic mass is 16.4. The summed E-state index contributed by atoms with van der Waals surface area (Å²) in [4.78, 5) is 45.8. The first-order valence-corrected chi connectivity index (χ1v) is 8.97. The highest BCUT2D eigenvalue weighted by Gasteiger charge is 2.60. The highest BCUT2D eigenvalue weighted by Crippen LogP contribution is 2.49. The van der Waals surface area contributed by atoms with E-state index in [1.807, 2.05) is 13.8 Å². The van der Waals surface area contributed by atoms with Crippen LogP contribution in [0.25, 0.3) is 6.08 Å². The van der Waals surface area contributed by atoms with E-state index in [1.165, 1.54) is 17.4 Å². The van der Waals surface area contributed by atoms with E-state index in [4.69, 9.17) is 5.73 Å². The van der Waals surface area contributed by atoms with Crippen LogP contribution in [0.3, 0.4) is 0 Å². The summed E-state index contributed by atoms with van der Waals surface area (Å²) in [6, 6.07) is 2.11. The fraction of sp³-hybridized carbons (Fsp3) is 0.421. The first-order valence-electron chi connectivity index (χ1n) is 8.97. The number of carboxylic acids is 1. The van der Waals surface area contributed by atoms with E-state index in [9.17, 15) is 19.5 Å². The first-order chi connectivity index (χ1) is 13.3. The quantitative estimate of drug-likeness (QED) is 0.211. The summed E-state index contributed by atoms with van der Waals surface area (Å²) in [6.45, 7) is 4.45. The number of aromatic nitrogens is 1. The summed E-state index contributed by atoms with van der Waals surface area (Å²) in [5, 5.41) is 12.2. The van der Waals surface area contributed by atoms with Crippen molar-refractivity contribution in [1.82, 2.24) is 15.2 Å². The molecule has 1 aromatic heterocycles. The second-order valence-electron chi connectivity index (χ2n) is 7.54. The minimum atomic E-state index is -0.990. The molecule has 2 saturated heterocycles. The average Bonchev–Trinajstić information content (AvgIpc) is 2.91. The van der Waals surface area contributed by atoms with Crippen LogP contribution >= 0.6 is 0 Å². The third-order valence-electron chi connectivity index (χ3n) is 5.13. The zero-order valence-corrected chi connectivity index (χ0v) is 15.8. The number of nitrogens with zero attached hydrogens (tertiary/aromatic N) is 3. The predicted molar refractivity (Wildman–Crippen MR) is 103 cm³/mol. The maximum absolute atomic E-state index is 12.5. The average molecular weight is 385 g/mol. The number of carbonyl (C=O) groups excluding carboxylic acids is 2. The molecule has 0 aromatic carbocycles. The van der Waals surface area contributed by atoms with Gasteiger partial charge in [0.1, 0.15) is 6.04 Å². The molecule has 0 aliphatic carbocycles. The number of nitrogens with two attached hydrogens (primary N) is 1. The van der Waals surface area contributed by atoms with Crippen LogP contribution in [0, 0.1) is 5.41 Å². The third kappa shape index (κ3) is 3.47. The van der Waals surface area contributed by atoms with E-state index in [0.29, 0.717) is 36.3 Å². The number of nitrogens with one attached hydrogen (secondary N) is 1. The zero-order chi connectivity index (χ0) is 20.5. The molecule has 2 atom stereocenters. The van der Waals surface area contributed by atoms with Crippen molar-refractivity contribution in [2.45, 2.75) is 32.4 Å². The van der Waals surface area contributed by atoms with Crippen molar-refractivity contribution in [1.29, 1.82) is 0 Å². The molecule has 9 heteroatoms. The first kappa shape index (κ1) is 19.5. The number of amides is 2. The molecule has 9 nitrogen and oxygen atoms in total. The Hall–Kier alpha value is -3.23. The normalized spacial score (nSPS) is 24.3. The number of carboxylic acid groups (broad SMARTS) is 1. The number of aliphatic imine (C=N–C) groups is 1. The molecular weight excluding hydrogens is 362 g/mol. The monoisotopic (exact) mass is 385 g/mol. The Kier molecular flexibility index (Phi) is 5.17. The number of hydrogen-bond donors (Lipinski definition) is 3. The van der Waals surface area contributed by atoms with Crippen molar-refractivity contribution in [3.8, 4) is 0 Å². The summed E-state index contributed by atoms with van der Waals surface area (Å²) >= 11 is 0. The molecule has 0 saturated carbocycles. The molecule has 2 fully saturated rings. The van der Waals surface area contributed by atoms with Crippen molar-refractivity contribution in [2.24, 2.45) is 16.1 Å². The van der Waals surface area contributed by atoms with Gasteiger partial charge in [0.25, 0.3) is 11.8 Å². The van der Waals surface area contributed by atoms with Crippen LogP contribution in [0.15, 0.2) is 28.9 Å². The SMILES string of the molecule is CC1(C)CC2/C(=C\c3cc(C(=O)NCCN=CN)ccn3)C(=O)N2[C@H]1C(=O)O. The van der Waals surface area contributed by atoms with Gasteiger partial charge in [-0.25, -0.2) is 4.79 Å². The van der Waals surface area contributed by atoms with E-state index in [1.54, 1.807) is 18.2 Å². The molecule has 2 amide bonds. The standard InChI is InChI=1S/C19H23N5O4/c1-19(2)9-14-13(17(26)24(14)15(19)18(27)28)8-12-7-11(3-4-22-12)16(25)23-6-5-21-10-20/h3-4,7-8,10,14-15H,5-6,9H2,1-2H3,(H2,20,21)(H,23,25)(H,27,28)/b13-8+/t14?,15-/m0/s1. The second kappa shape index (κ2) is 7.41. The van der Waals surface area contributed by atoms with Gasteiger partial charge in [-0.3, -0.25) is 19.6 Å². The van der Waals surface area contributed by atoms with Gasteiger partial charge in [0.2, 0.25) is 0 Å². The zero-order valence-electron chi connectivity index (χ0n) is 15.8. The van der Waals surface area contributed by atoms with Gasteiger partial charge >= 0.3 is 5.97 Å². The Labute approximate surface area is 162 Å². The van der Waals surface area contributed by atoms with Gasteiger partial charge in [0.05, 0.1) is 24.6 Å². The second-order valence-corrected chi connectivity index (χ2v) is 7.54. The van der Waals surface area contributed by atoms with E-state index < -0.39 is 17.4 Å². The van der Waals surface area contributed by atoms with Gasteiger partial charge in [-0.05, 0) is 30.0 Å². The van der Waals surface area contributed by atoms with Crippen LogP contribution in [-0.4, -0.2) is 64.3 Å². The van der Waals surface area contributed by atoms with Crippen LogP contribution in [0.2, 0.25) is 0 Å². The smallest absolute Gasteiger partial charge is 0.327 e. The molecule has 1 aromatic rings. The Balaban J connectivity index is 1.76. The molecule has 1 unspecified atom stereocenters. The molecule has 0 bridgehead atoms. The summed E-state index contributed by atoms with van der Waals surface area (Å²) in [5.41, 5.74) is 6.06. The molecule has 3 heterocycles. The van der Waals surface area contributed by atoms with Gasteiger partial charge in [-0.2, -0.15) is 0 Å². The number of carbonyl (C=O) groups is 3. The molecule has 0 radical (unpaired) electrons. The number of pyridine rings is 1. The predicted octanol–water partition coefficient (Wildman–Crippen LogP) is 0.276. The van der Waals surface area contributed by atoms with E-state index in [2.05, 4.69) is 15.3 Å². The van der Waals surface area contributed by atoms with Crippen LogP contribution in [0.5, 0.6) is 0 Å². The number of β-lactam (4-membered cyclic amide) rings is 1. The molecule has 148 valence electrons. The lowest BCUT2D eigenvalue weighted by atomic mass is 9.83. The van der Waals surface area contributed by atoms with Crippen molar-refractivity contribution >= 4 is 30.2 Å². The van der Waals surface area contributed by atoms with Gasteiger partial charge in [0, 0.05) is 23.9 Å². The van der Waals surface area contributed by atoms with Crippen LogP contribution < -0.4 is 11.1 Å². The van der Waals surface area contributed by atoms with Gasteiger partial charge < -0.3 is 21.1 Å². The number of rotatable bonds is 6. The minimum absolute atomic E-state index is 0.239. The Bertz CT molecular complexity index is 877. The molecule has 28 heavy (non-hydrogen) atoms. The van der Waals surface area contributed by atoms with Crippen molar-refractivity contribution in [2.75, 3.05) is 13.1 Å². The van der Waals surface area contributed by atoms with Gasteiger partial charge in [-0.15, -0.1) is 0 Å². The number of aliphatic carboxylic acids is 1. The van der Waals surface area contributed by atoms with Crippen LogP contribution in [-0.2, 0) is 9.59 Å². The molecule has 4 N–H and O–H groups in total. The Morgan fingerprint density at radius 3 is 2.93 bits per heavy atom. The summed E-state index contributed by atoms with van der Waals surface area (Å²) in [5.74, 6) is -1.56. The van der Waals surface area contributed by atoms with Crippen molar-refractivity contribution in [3.05, 3.63) is 35.2 Å². The Morgan fingerprint density at radius 2 is 2.25 bits per heavy atom. The molecule has 2 aliphatic heterocycles. The molecule has 2 aliphatic rings. The van der Waals surface area contributed by atoms with Gasteiger partial charge in [0.15, 0.2) is 0 Å². The lowest BCUT2D eigenvalue weighted by Gasteiger charge is -2.40. The van der Waals surface area contributed by atoms with Crippen molar-refractivity contribution < 1.29 is 19.5 Å². The van der Waals surface area contributed by atoms with Crippen LogP contribution in [0.1, 0.15) is 36.3 Å². The van der Waals surface area contributed by atoms with E-state index in [0.717, 1.165) is 0 Å². The van der Waals surface area contributed by atoms with Crippen LogP contribution in [0.4, 0.5) is 0 Å². The molecule has 0 spiro atoms. The van der Waals surface area contributed by atoms with E-state index >= 15 is 0 Å². The maximum Gasteiger partial charge on any atom is 0.327 e. The molecule has 3 rings (SSSR count). The summed E-state index contributed by atoms with van der Waals surface area (Å²) < 4.78 is 0. The number of hydrogen-bond acceptors (Lipinski definition) is 5. The number of fused-ring (bicyclic) bond motifs is 1. The summed E-state index contributed by atoms with van der Waals surface area (Å²) in [6.07, 6.45) is 4.89.